The minimum absolute atomic E-state index is 0.206. The minimum Gasteiger partial charge on any atom is -0.341 e. The van der Waals surface area contributed by atoms with Crippen molar-refractivity contribution in [2.45, 2.75) is 43.5 Å². The van der Waals surface area contributed by atoms with Crippen LogP contribution in [0.4, 0.5) is 10.7 Å². The molecule has 3 heterocycles. The van der Waals surface area contributed by atoms with Crippen molar-refractivity contribution in [2.24, 2.45) is 0 Å². The van der Waals surface area contributed by atoms with Crippen molar-refractivity contribution in [3.8, 4) is 5.69 Å². The van der Waals surface area contributed by atoms with Crippen LogP contribution >= 0.6 is 11.8 Å². The van der Waals surface area contributed by atoms with Crippen LogP contribution in [-0.2, 0) is 4.79 Å². The molecule has 2 aromatic rings. The third kappa shape index (κ3) is 4.10. The van der Waals surface area contributed by atoms with Crippen molar-refractivity contribution in [1.82, 2.24) is 25.0 Å². The molecular weight excluding hydrogens is 388 g/mol. The van der Waals surface area contributed by atoms with Crippen molar-refractivity contribution in [1.29, 1.82) is 0 Å². The zero-order valence-corrected chi connectivity index (χ0v) is 17.6. The number of nitrogens with zero attached hydrogens (tertiary/aromatic N) is 5. The monoisotopic (exact) mass is 414 g/mol. The number of piperidine rings is 1. The molecule has 4 rings (SSSR count). The summed E-state index contributed by atoms with van der Waals surface area (Å²) in [5.74, 6) is 0.609. The number of hydrogen-bond donors (Lipinski definition) is 1. The Hall–Kier alpha value is -2.55. The van der Waals surface area contributed by atoms with Crippen molar-refractivity contribution in [3.05, 3.63) is 29.8 Å². The van der Waals surface area contributed by atoms with E-state index in [0.717, 1.165) is 37.6 Å². The van der Waals surface area contributed by atoms with E-state index < -0.39 is 5.25 Å². The second-order valence-electron chi connectivity index (χ2n) is 7.48. The molecule has 1 aromatic heterocycles. The largest absolute Gasteiger partial charge is 0.341 e. The maximum absolute atomic E-state index is 12.7. The Morgan fingerprint density at radius 2 is 1.83 bits per heavy atom. The van der Waals surface area contributed by atoms with E-state index in [2.05, 4.69) is 51.6 Å². The lowest BCUT2D eigenvalue weighted by Gasteiger charge is -2.28. The molecule has 0 aliphatic carbocycles. The molecule has 2 aliphatic rings. The second-order valence-corrected chi connectivity index (χ2v) is 8.79. The van der Waals surface area contributed by atoms with Gasteiger partial charge in [0.1, 0.15) is 0 Å². The van der Waals surface area contributed by atoms with E-state index in [4.69, 9.17) is 0 Å². The molecule has 2 fully saturated rings. The molecular formula is C20H26N6O2S. The predicted octanol–water partition coefficient (Wildman–Crippen LogP) is 2.60. The van der Waals surface area contributed by atoms with Gasteiger partial charge in [0.25, 0.3) is 0 Å². The normalized spacial score (nSPS) is 18.1. The van der Waals surface area contributed by atoms with E-state index in [1.54, 1.807) is 0 Å². The summed E-state index contributed by atoms with van der Waals surface area (Å²) in [7, 11) is 0. The summed E-state index contributed by atoms with van der Waals surface area (Å²) in [6, 6.07) is 7.91. The van der Waals surface area contributed by atoms with E-state index in [9.17, 15) is 9.59 Å². The van der Waals surface area contributed by atoms with Gasteiger partial charge in [-0.3, -0.25) is 14.3 Å². The van der Waals surface area contributed by atoms with Crippen LogP contribution < -0.4 is 10.2 Å². The molecule has 2 aliphatic heterocycles. The molecule has 0 radical (unpaired) electrons. The van der Waals surface area contributed by atoms with Gasteiger partial charge >= 0.3 is 6.03 Å². The van der Waals surface area contributed by atoms with Crippen LogP contribution in [0.15, 0.2) is 29.4 Å². The predicted molar refractivity (Wildman–Crippen MR) is 113 cm³/mol. The molecule has 29 heavy (non-hydrogen) atoms. The molecule has 1 aromatic carbocycles. The fraction of sp³-hybridized carbons (Fsp3) is 0.500. The number of imide groups is 1. The number of hydrogen-bond acceptors (Lipinski definition) is 6. The number of aromatic nitrogens is 3. The van der Waals surface area contributed by atoms with Crippen molar-refractivity contribution in [3.63, 3.8) is 0 Å². The maximum atomic E-state index is 12.7. The number of carbonyl (C=O) groups is 2. The number of thioether (sulfide) groups is 1. The number of urea groups is 1. The van der Waals surface area contributed by atoms with E-state index in [1.165, 1.54) is 28.6 Å². The molecule has 8 nitrogen and oxygen atoms in total. The Morgan fingerprint density at radius 3 is 2.48 bits per heavy atom. The molecule has 1 N–H and O–H groups in total. The molecule has 1 atom stereocenters. The number of amides is 3. The standard InChI is InChI=1S/C20H26N6O2S/c1-14-6-8-16(9-7-14)26-18(24-11-4-3-5-12-24)22-23-20(26)29-15(2)17(27)25-13-10-21-19(25)28/h6-9,15H,3-5,10-13H2,1-2H3,(H,21,28). The molecule has 2 saturated heterocycles. The first-order chi connectivity index (χ1) is 14.0. The molecule has 1 unspecified atom stereocenters. The molecule has 9 heteroatoms. The number of rotatable bonds is 5. The van der Waals surface area contributed by atoms with Crippen molar-refractivity contribution >= 4 is 29.6 Å². The van der Waals surface area contributed by atoms with Gasteiger partial charge in [-0.1, -0.05) is 29.5 Å². The van der Waals surface area contributed by atoms with E-state index in [1.807, 2.05) is 11.5 Å². The van der Waals surface area contributed by atoms with Gasteiger partial charge in [-0.05, 0) is 45.2 Å². The topological polar surface area (TPSA) is 83.4 Å². The van der Waals surface area contributed by atoms with E-state index >= 15 is 0 Å². The highest BCUT2D eigenvalue weighted by Crippen LogP contribution is 2.31. The number of aryl methyl sites for hydroxylation is 1. The van der Waals surface area contributed by atoms with Gasteiger partial charge in [-0.15, -0.1) is 10.2 Å². The minimum atomic E-state index is -0.443. The van der Waals surface area contributed by atoms with E-state index in [-0.39, 0.29) is 11.9 Å². The van der Waals surface area contributed by atoms with Crippen molar-refractivity contribution in [2.75, 3.05) is 31.1 Å². The molecule has 154 valence electrons. The van der Waals surface area contributed by atoms with Gasteiger partial charge in [-0.2, -0.15) is 0 Å². The zero-order valence-electron chi connectivity index (χ0n) is 16.8. The Morgan fingerprint density at radius 1 is 1.10 bits per heavy atom. The molecule has 0 spiro atoms. The Balaban J connectivity index is 1.63. The lowest BCUT2D eigenvalue weighted by atomic mass is 10.1. The van der Waals surface area contributed by atoms with Crippen LogP contribution in [0, 0.1) is 6.92 Å². The smallest absolute Gasteiger partial charge is 0.324 e. The van der Waals surface area contributed by atoms with Gasteiger partial charge in [0.2, 0.25) is 11.9 Å². The van der Waals surface area contributed by atoms with Gasteiger partial charge < -0.3 is 10.2 Å². The zero-order chi connectivity index (χ0) is 20.4. The highest BCUT2D eigenvalue weighted by Gasteiger charge is 2.32. The third-order valence-electron chi connectivity index (χ3n) is 5.30. The summed E-state index contributed by atoms with van der Waals surface area (Å²) in [5.41, 5.74) is 2.15. The first kappa shape index (κ1) is 19.8. The van der Waals surface area contributed by atoms with Gasteiger partial charge in [-0.25, -0.2) is 4.79 Å². The fourth-order valence-electron chi connectivity index (χ4n) is 3.67. The van der Waals surface area contributed by atoms with Crippen molar-refractivity contribution < 1.29 is 9.59 Å². The van der Waals surface area contributed by atoms with Crippen LogP contribution in [0.1, 0.15) is 31.7 Å². The Labute approximate surface area is 174 Å². The SMILES string of the molecule is Cc1ccc(-n2c(SC(C)C(=O)N3CCNC3=O)nnc2N2CCCCC2)cc1. The van der Waals surface area contributed by atoms with Crippen LogP contribution in [0.5, 0.6) is 0 Å². The summed E-state index contributed by atoms with van der Waals surface area (Å²) in [6.45, 7) is 6.69. The summed E-state index contributed by atoms with van der Waals surface area (Å²) >= 11 is 1.34. The number of anilines is 1. The Kier molecular flexibility index (Phi) is 5.75. The average molecular weight is 415 g/mol. The molecule has 0 saturated carbocycles. The highest BCUT2D eigenvalue weighted by molar-refractivity contribution is 8.00. The quantitative estimate of drug-likeness (QED) is 0.758. The lowest BCUT2D eigenvalue weighted by molar-refractivity contribution is -0.126. The number of benzene rings is 1. The maximum Gasteiger partial charge on any atom is 0.324 e. The summed E-state index contributed by atoms with van der Waals surface area (Å²) in [4.78, 5) is 28.1. The van der Waals surface area contributed by atoms with Crippen LogP contribution in [0.3, 0.4) is 0 Å². The van der Waals surface area contributed by atoms with E-state index in [0.29, 0.717) is 18.2 Å². The van der Waals surface area contributed by atoms with Gasteiger partial charge in [0, 0.05) is 26.2 Å². The van der Waals surface area contributed by atoms with Crippen LogP contribution in [0.2, 0.25) is 0 Å². The first-order valence-electron chi connectivity index (χ1n) is 10.1. The number of nitrogens with one attached hydrogen (secondary N) is 1. The highest BCUT2D eigenvalue weighted by atomic mass is 32.2. The third-order valence-corrected chi connectivity index (χ3v) is 6.33. The summed E-state index contributed by atoms with van der Waals surface area (Å²) in [5, 5.41) is 11.8. The summed E-state index contributed by atoms with van der Waals surface area (Å²) < 4.78 is 2.03. The van der Waals surface area contributed by atoms with Gasteiger partial charge in [0.15, 0.2) is 5.16 Å². The second kappa shape index (κ2) is 8.44. The van der Waals surface area contributed by atoms with Gasteiger partial charge in [0.05, 0.1) is 10.9 Å². The molecule has 0 bridgehead atoms. The average Bonchev–Trinajstić information content (AvgIpc) is 3.35. The lowest BCUT2D eigenvalue weighted by Crippen LogP contribution is -2.39. The number of carbonyl (C=O) groups excluding carboxylic acids is 2. The Bertz CT molecular complexity index is 891. The van der Waals surface area contributed by atoms with Crippen LogP contribution in [-0.4, -0.2) is 63.0 Å². The molecule has 3 amide bonds. The van der Waals surface area contributed by atoms with Crippen LogP contribution in [0.25, 0.3) is 5.69 Å². The first-order valence-corrected chi connectivity index (χ1v) is 11.0. The summed E-state index contributed by atoms with van der Waals surface area (Å²) in [6.07, 6.45) is 3.52. The fourth-order valence-corrected chi connectivity index (χ4v) is 4.59.